The standard InChI is InChI=1S/C30H50N4O5/c1-8-10-12-13-14-18-34(28(37)24(20-25(31)35)33-29(38)39-30(5,6)7)26(27(36)32-17-11-9-2)23-19-21(3)15-16-22(23)4/h15-16,19,24,26H,8-14,17-18,20H2,1-7H3,(H2,31,35)(H,32,36)(H,33,38). The monoisotopic (exact) mass is 546 g/mol. The Morgan fingerprint density at radius 2 is 1.62 bits per heavy atom. The van der Waals surface area contributed by atoms with Gasteiger partial charge in [-0.15, -0.1) is 0 Å². The number of unbranched alkanes of at least 4 members (excludes halogenated alkanes) is 5. The fourth-order valence-corrected chi connectivity index (χ4v) is 4.29. The molecule has 1 rings (SSSR count). The van der Waals surface area contributed by atoms with Gasteiger partial charge < -0.3 is 26.0 Å². The highest BCUT2D eigenvalue weighted by Crippen LogP contribution is 2.28. The fourth-order valence-electron chi connectivity index (χ4n) is 4.29. The highest BCUT2D eigenvalue weighted by atomic mass is 16.6. The van der Waals surface area contributed by atoms with Gasteiger partial charge in [-0.25, -0.2) is 4.79 Å². The van der Waals surface area contributed by atoms with Crippen LogP contribution < -0.4 is 16.4 Å². The molecular formula is C30H50N4O5. The quantitative estimate of drug-likeness (QED) is 0.256. The van der Waals surface area contributed by atoms with Gasteiger partial charge in [0.15, 0.2) is 0 Å². The van der Waals surface area contributed by atoms with E-state index in [9.17, 15) is 19.2 Å². The molecule has 39 heavy (non-hydrogen) atoms. The number of primary amides is 1. The summed E-state index contributed by atoms with van der Waals surface area (Å²) in [5.74, 6) is -1.59. The van der Waals surface area contributed by atoms with E-state index in [-0.39, 0.29) is 12.5 Å². The van der Waals surface area contributed by atoms with E-state index in [0.717, 1.165) is 49.7 Å². The van der Waals surface area contributed by atoms with E-state index in [2.05, 4.69) is 17.6 Å². The van der Waals surface area contributed by atoms with Crippen LogP contribution in [0.3, 0.4) is 0 Å². The van der Waals surface area contributed by atoms with Gasteiger partial charge in [0.1, 0.15) is 17.7 Å². The van der Waals surface area contributed by atoms with Crippen LogP contribution in [-0.4, -0.2) is 53.4 Å². The Bertz CT molecular complexity index is 957. The zero-order valence-corrected chi connectivity index (χ0v) is 25.0. The second kappa shape index (κ2) is 16.8. The summed E-state index contributed by atoms with van der Waals surface area (Å²) in [4.78, 5) is 53.9. The summed E-state index contributed by atoms with van der Waals surface area (Å²) in [6, 6.07) is 3.60. The smallest absolute Gasteiger partial charge is 0.408 e. The summed E-state index contributed by atoms with van der Waals surface area (Å²) in [6.07, 6.45) is 5.19. The number of rotatable bonds is 16. The van der Waals surface area contributed by atoms with E-state index >= 15 is 0 Å². The SMILES string of the molecule is CCCCCCCN(C(=O)C(CC(N)=O)NC(=O)OC(C)(C)C)C(C(=O)NCCCC)c1cc(C)ccc1C. The highest BCUT2D eigenvalue weighted by Gasteiger charge is 2.37. The Kier molecular flexibility index (Phi) is 14.6. The van der Waals surface area contributed by atoms with Crippen molar-refractivity contribution in [2.75, 3.05) is 13.1 Å². The molecule has 0 aliphatic heterocycles. The minimum atomic E-state index is -1.27. The number of hydrogen-bond acceptors (Lipinski definition) is 5. The summed E-state index contributed by atoms with van der Waals surface area (Å²) in [6.45, 7) is 13.9. The van der Waals surface area contributed by atoms with Crippen LogP contribution in [0.4, 0.5) is 4.79 Å². The van der Waals surface area contributed by atoms with Crippen LogP contribution in [-0.2, 0) is 19.1 Å². The van der Waals surface area contributed by atoms with E-state index in [0.29, 0.717) is 18.5 Å². The van der Waals surface area contributed by atoms with E-state index in [1.54, 1.807) is 20.8 Å². The molecule has 0 saturated heterocycles. The topological polar surface area (TPSA) is 131 Å². The normalized spacial score (nSPS) is 12.8. The van der Waals surface area contributed by atoms with Crippen molar-refractivity contribution in [3.05, 3.63) is 34.9 Å². The molecular weight excluding hydrogens is 496 g/mol. The first-order valence-corrected chi connectivity index (χ1v) is 14.2. The van der Waals surface area contributed by atoms with Crippen molar-refractivity contribution in [2.24, 2.45) is 5.73 Å². The molecule has 1 aromatic carbocycles. The molecule has 0 spiro atoms. The van der Waals surface area contributed by atoms with Gasteiger partial charge in [0.2, 0.25) is 17.7 Å². The predicted molar refractivity (Wildman–Crippen MR) is 154 cm³/mol. The number of amides is 4. The first-order chi connectivity index (χ1) is 18.3. The summed E-state index contributed by atoms with van der Waals surface area (Å²) < 4.78 is 5.35. The largest absolute Gasteiger partial charge is 0.444 e. The highest BCUT2D eigenvalue weighted by molar-refractivity contribution is 5.94. The molecule has 0 radical (unpaired) electrons. The van der Waals surface area contributed by atoms with Crippen LogP contribution in [0.5, 0.6) is 0 Å². The second-order valence-corrected chi connectivity index (χ2v) is 11.2. The number of ether oxygens (including phenoxy) is 1. The van der Waals surface area contributed by atoms with Gasteiger partial charge in [-0.3, -0.25) is 14.4 Å². The summed E-state index contributed by atoms with van der Waals surface area (Å²) in [5.41, 5.74) is 7.21. The number of hydrogen-bond donors (Lipinski definition) is 3. The Morgan fingerprint density at radius 3 is 2.21 bits per heavy atom. The average molecular weight is 547 g/mol. The number of alkyl carbamates (subject to hydrolysis) is 1. The molecule has 9 nitrogen and oxygen atoms in total. The molecule has 9 heteroatoms. The molecule has 4 amide bonds. The maximum absolute atomic E-state index is 14.1. The molecule has 0 bridgehead atoms. The van der Waals surface area contributed by atoms with Crippen LogP contribution in [0, 0.1) is 13.8 Å². The molecule has 0 fully saturated rings. The van der Waals surface area contributed by atoms with E-state index in [4.69, 9.17) is 10.5 Å². The van der Waals surface area contributed by atoms with Gasteiger partial charge >= 0.3 is 6.09 Å². The summed E-state index contributed by atoms with van der Waals surface area (Å²) in [5, 5.41) is 5.52. The lowest BCUT2D eigenvalue weighted by atomic mass is 9.95. The molecule has 0 aliphatic carbocycles. The van der Waals surface area contributed by atoms with E-state index < -0.39 is 42.0 Å². The number of aryl methyl sites for hydroxylation is 2. The summed E-state index contributed by atoms with van der Waals surface area (Å²) >= 11 is 0. The third kappa shape index (κ3) is 12.5. The molecule has 4 N–H and O–H groups in total. The Morgan fingerprint density at radius 1 is 0.974 bits per heavy atom. The zero-order chi connectivity index (χ0) is 29.6. The molecule has 2 unspecified atom stereocenters. The van der Waals surface area contributed by atoms with Gasteiger partial charge in [0.05, 0.1) is 6.42 Å². The first-order valence-electron chi connectivity index (χ1n) is 14.2. The van der Waals surface area contributed by atoms with Crippen LogP contribution in [0.2, 0.25) is 0 Å². The minimum absolute atomic E-state index is 0.285. The molecule has 2 atom stereocenters. The molecule has 0 heterocycles. The maximum atomic E-state index is 14.1. The second-order valence-electron chi connectivity index (χ2n) is 11.2. The van der Waals surface area contributed by atoms with Crippen molar-refractivity contribution in [3.63, 3.8) is 0 Å². The average Bonchev–Trinajstić information content (AvgIpc) is 2.83. The van der Waals surface area contributed by atoms with Gasteiger partial charge in [-0.1, -0.05) is 69.7 Å². The lowest BCUT2D eigenvalue weighted by Gasteiger charge is -2.35. The maximum Gasteiger partial charge on any atom is 0.408 e. The lowest BCUT2D eigenvalue weighted by Crippen LogP contribution is -2.54. The Hall–Kier alpha value is -3.10. The van der Waals surface area contributed by atoms with Crippen LogP contribution in [0.1, 0.15) is 109 Å². The van der Waals surface area contributed by atoms with Gasteiger partial charge in [-0.2, -0.15) is 0 Å². The number of carbonyl (C=O) groups is 4. The van der Waals surface area contributed by atoms with Gasteiger partial charge in [-0.05, 0) is 58.6 Å². The lowest BCUT2D eigenvalue weighted by molar-refractivity contribution is -0.143. The van der Waals surface area contributed by atoms with Crippen molar-refractivity contribution < 1.29 is 23.9 Å². The molecule has 1 aromatic rings. The number of carbonyl (C=O) groups excluding carboxylic acids is 4. The van der Waals surface area contributed by atoms with E-state index in [1.807, 2.05) is 39.0 Å². The fraction of sp³-hybridized carbons (Fsp3) is 0.667. The Balaban J connectivity index is 3.53. The number of nitrogens with two attached hydrogens (primary N) is 1. The van der Waals surface area contributed by atoms with Crippen LogP contribution >= 0.6 is 0 Å². The Labute approximate surface area is 234 Å². The molecule has 0 aliphatic rings. The first kappa shape index (κ1) is 33.9. The van der Waals surface area contributed by atoms with E-state index in [1.165, 1.54) is 4.90 Å². The molecule has 220 valence electrons. The molecule has 0 saturated carbocycles. The minimum Gasteiger partial charge on any atom is -0.444 e. The van der Waals surface area contributed by atoms with Crippen LogP contribution in [0.25, 0.3) is 0 Å². The number of nitrogens with one attached hydrogen (secondary N) is 2. The summed E-state index contributed by atoms with van der Waals surface area (Å²) in [7, 11) is 0. The third-order valence-electron chi connectivity index (χ3n) is 6.30. The van der Waals surface area contributed by atoms with Crippen molar-refractivity contribution in [3.8, 4) is 0 Å². The van der Waals surface area contributed by atoms with Crippen molar-refractivity contribution >= 4 is 23.8 Å². The number of nitrogens with zero attached hydrogens (tertiary/aromatic N) is 1. The van der Waals surface area contributed by atoms with Gasteiger partial charge in [0, 0.05) is 13.1 Å². The molecule has 0 aromatic heterocycles. The van der Waals surface area contributed by atoms with Crippen molar-refractivity contribution in [2.45, 2.75) is 118 Å². The van der Waals surface area contributed by atoms with Crippen LogP contribution in [0.15, 0.2) is 18.2 Å². The van der Waals surface area contributed by atoms with Gasteiger partial charge in [0.25, 0.3) is 0 Å². The predicted octanol–water partition coefficient (Wildman–Crippen LogP) is 4.83. The van der Waals surface area contributed by atoms with Crippen molar-refractivity contribution in [1.29, 1.82) is 0 Å². The number of benzene rings is 1. The third-order valence-corrected chi connectivity index (χ3v) is 6.30. The zero-order valence-electron chi connectivity index (χ0n) is 25.0. The van der Waals surface area contributed by atoms with Crippen molar-refractivity contribution in [1.82, 2.24) is 15.5 Å².